The van der Waals surface area contributed by atoms with E-state index < -0.39 is 0 Å². The van der Waals surface area contributed by atoms with Crippen molar-refractivity contribution in [3.63, 3.8) is 0 Å². The summed E-state index contributed by atoms with van der Waals surface area (Å²) >= 11 is 1.73. The summed E-state index contributed by atoms with van der Waals surface area (Å²) in [5.74, 6) is 0. The highest BCUT2D eigenvalue weighted by molar-refractivity contribution is 7.07. The normalized spacial score (nSPS) is 9.22. The van der Waals surface area contributed by atoms with Gasteiger partial charge in [-0.3, -0.25) is 0 Å². The molecule has 1 heterocycles. The Labute approximate surface area is 65.7 Å². The van der Waals surface area contributed by atoms with Crippen molar-refractivity contribution in [1.29, 1.82) is 0 Å². The monoisotopic (exact) mass is 163 g/mol. The van der Waals surface area contributed by atoms with Crippen molar-refractivity contribution in [1.82, 2.24) is 0 Å². The van der Waals surface area contributed by atoms with Crippen LogP contribution in [0.4, 0.5) is 0 Å². The van der Waals surface area contributed by atoms with Crippen molar-refractivity contribution in [3.8, 4) is 0 Å². The first kappa shape index (κ1) is 8.92. The third-order valence-electron chi connectivity index (χ3n) is 1.09. The molecule has 0 unspecified atom stereocenters. The zero-order valence-electron chi connectivity index (χ0n) is 5.54. The number of aromatic nitrogens is 1. The van der Waals surface area contributed by atoms with Gasteiger partial charge in [0.05, 0.1) is 5.38 Å². The highest BCUT2D eigenvalue weighted by atomic mass is 35.5. The lowest BCUT2D eigenvalue weighted by molar-refractivity contribution is -0.711. The Kier molecular flexibility index (Phi) is 3.82. The van der Waals surface area contributed by atoms with Gasteiger partial charge in [-0.2, -0.15) is 4.57 Å². The summed E-state index contributed by atoms with van der Waals surface area (Å²) in [4.78, 5) is 0. The van der Waals surface area contributed by atoms with Crippen LogP contribution in [0.25, 0.3) is 0 Å². The van der Waals surface area contributed by atoms with Crippen molar-refractivity contribution >= 4 is 11.3 Å². The van der Waals surface area contributed by atoms with E-state index in [1.807, 2.05) is 0 Å². The molecule has 0 bridgehead atoms. The fourth-order valence-electron chi connectivity index (χ4n) is 0.540. The molecule has 0 radical (unpaired) electrons. The summed E-state index contributed by atoms with van der Waals surface area (Å²) in [6, 6.07) is 0.612. The van der Waals surface area contributed by atoms with Crippen LogP contribution in [0.5, 0.6) is 0 Å². The van der Waals surface area contributed by atoms with Gasteiger partial charge in [-0.15, -0.1) is 0 Å². The number of thiazole rings is 1. The van der Waals surface area contributed by atoms with E-state index in [0.717, 1.165) is 0 Å². The maximum absolute atomic E-state index is 2.19. The molecule has 0 aliphatic rings. The van der Waals surface area contributed by atoms with E-state index in [4.69, 9.17) is 0 Å². The summed E-state index contributed by atoms with van der Waals surface area (Å²) in [5.41, 5.74) is 2.12. The first-order valence-electron chi connectivity index (χ1n) is 2.73. The average molecular weight is 164 g/mol. The molecule has 0 atom stereocenters. The second-order valence-corrected chi connectivity index (χ2v) is 2.82. The van der Waals surface area contributed by atoms with Crippen molar-refractivity contribution < 1.29 is 17.0 Å². The summed E-state index contributed by atoms with van der Waals surface area (Å²) in [5, 5.41) is 2.08. The number of halogens is 1. The molecule has 0 spiro atoms. The van der Waals surface area contributed by atoms with E-state index >= 15 is 0 Å². The first-order chi connectivity index (χ1) is 3.80. The molecule has 1 rings (SSSR count). The van der Waals surface area contributed by atoms with Gasteiger partial charge in [0.15, 0.2) is 12.2 Å². The van der Waals surface area contributed by atoms with E-state index in [0.29, 0.717) is 6.04 Å². The third kappa shape index (κ3) is 2.33. The third-order valence-corrected chi connectivity index (χ3v) is 1.73. The van der Waals surface area contributed by atoms with E-state index in [9.17, 15) is 0 Å². The van der Waals surface area contributed by atoms with Crippen LogP contribution >= 0.6 is 11.3 Å². The maximum Gasteiger partial charge on any atom is 0.224 e. The summed E-state index contributed by atoms with van der Waals surface area (Å²) < 4.78 is 2.19. The van der Waals surface area contributed by atoms with E-state index in [-0.39, 0.29) is 12.4 Å². The summed E-state index contributed by atoms with van der Waals surface area (Å²) in [7, 11) is 0. The predicted octanol–water partition coefficient (Wildman–Crippen LogP) is -1.38. The Hall–Kier alpha value is -0.0800. The summed E-state index contributed by atoms with van der Waals surface area (Å²) in [6.07, 6.45) is 2.09. The van der Waals surface area contributed by atoms with Crippen LogP contribution in [0, 0.1) is 0 Å². The molecule has 1 aromatic heterocycles. The van der Waals surface area contributed by atoms with Crippen LogP contribution in [0.15, 0.2) is 17.1 Å². The quantitative estimate of drug-likeness (QED) is 0.450. The molecular formula is C6H10ClNS. The van der Waals surface area contributed by atoms with Gasteiger partial charge in [0.2, 0.25) is 5.51 Å². The maximum atomic E-state index is 2.19. The minimum atomic E-state index is 0. The molecule has 9 heavy (non-hydrogen) atoms. The molecular weight excluding hydrogens is 154 g/mol. The highest BCUT2D eigenvalue weighted by Gasteiger charge is 2.02. The van der Waals surface area contributed by atoms with Gasteiger partial charge in [0, 0.05) is 0 Å². The zero-order valence-corrected chi connectivity index (χ0v) is 7.12. The first-order valence-corrected chi connectivity index (χ1v) is 3.68. The Morgan fingerprint density at radius 1 is 1.44 bits per heavy atom. The highest BCUT2D eigenvalue weighted by Crippen LogP contribution is 1.94. The molecule has 0 aliphatic carbocycles. The Bertz CT molecular complexity index is 148. The van der Waals surface area contributed by atoms with E-state index in [1.165, 1.54) is 0 Å². The summed E-state index contributed by atoms with van der Waals surface area (Å²) in [6.45, 7) is 4.35. The van der Waals surface area contributed by atoms with Crippen molar-refractivity contribution in [2.45, 2.75) is 19.9 Å². The second kappa shape index (κ2) is 3.85. The molecule has 1 aromatic rings. The molecule has 3 heteroatoms. The molecule has 0 saturated heterocycles. The zero-order chi connectivity index (χ0) is 5.98. The molecule has 0 aromatic carbocycles. The number of hydrogen-bond donors (Lipinski definition) is 0. The number of rotatable bonds is 1. The van der Waals surface area contributed by atoms with Gasteiger partial charge in [0.25, 0.3) is 0 Å². The van der Waals surface area contributed by atoms with Crippen molar-refractivity contribution in [3.05, 3.63) is 17.1 Å². The van der Waals surface area contributed by atoms with E-state index in [1.54, 1.807) is 11.3 Å². The van der Waals surface area contributed by atoms with Crippen LogP contribution in [-0.2, 0) is 0 Å². The molecule has 0 saturated carbocycles. The minimum absolute atomic E-state index is 0. The molecule has 0 fully saturated rings. The van der Waals surface area contributed by atoms with Gasteiger partial charge in [-0.05, 0) is 13.8 Å². The fraction of sp³-hybridized carbons (Fsp3) is 0.500. The second-order valence-electron chi connectivity index (χ2n) is 2.07. The predicted molar refractivity (Wildman–Crippen MR) is 34.9 cm³/mol. The van der Waals surface area contributed by atoms with Crippen molar-refractivity contribution in [2.75, 3.05) is 0 Å². The number of nitrogens with zero attached hydrogens (tertiary/aromatic N) is 1. The lowest BCUT2D eigenvalue weighted by atomic mass is 10.4. The number of hydrogen-bond acceptors (Lipinski definition) is 1. The van der Waals surface area contributed by atoms with Gasteiger partial charge in [0.1, 0.15) is 0 Å². The van der Waals surface area contributed by atoms with Crippen LogP contribution < -0.4 is 17.0 Å². The Morgan fingerprint density at radius 2 is 2.11 bits per heavy atom. The van der Waals surface area contributed by atoms with Gasteiger partial charge >= 0.3 is 0 Å². The lowest BCUT2D eigenvalue weighted by Gasteiger charge is -1.90. The topological polar surface area (TPSA) is 3.88 Å². The van der Waals surface area contributed by atoms with Gasteiger partial charge in [-0.1, -0.05) is 11.3 Å². The Balaban J connectivity index is 0.000000640. The molecule has 0 N–H and O–H groups in total. The van der Waals surface area contributed by atoms with Crippen LogP contribution in [-0.4, -0.2) is 0 Å². The largest absolute Gasteiger partial charge is 1.00 e. The molecule has 0 amide bonds. The SMILES string of the molecule is CC(C)[n+]1ccsc1.[Cl-]. The van der Waals surface area contributed by atoms with E-state index in [2.05, 4.69) is 35.5 Å². The van der Waals surface area contributed by atoms with Gasteiger partial charge in [-0.25, -0.2) is 0 Å². The average Bonchev–Trinajstić information content (AvgIpc) is 2.12. The van der Waals surface area contributed by atoms with Crippen LogP contribution in [0.3, 0.4) is 0 Å². The molecule has 0 aliphatic heterocycles. The fourth-order valence-corrected chi connectivity index (χ4v) is 1.28. The Morgan fingerprint density at radius 3 is 2.33 bits per heavy atom. The minimum Gasteiger partial charge on any atom is -1.00 e. The molecule has 52 valence electrons. The van der Waals surface area contributed by atoms with Gasteiger partial charge < -0.3 is 12.4 Å². The lowest BCUT2D eigenvalue weighted by Crippen LogP contribution is -3.00. The van der Waals surface area contributed by atoms with Crippen LogP contribution in [0.2, 0.25) is 0 Å². The van der Waals surface area contributed by atoms with Crippen LogP contribution in [0.1, 0.15) is 19.9 Å². The standard InChI is InChI=1S/C6H10NS.ClH/c1-6(2)7-3-4-8-5-7;/h3-6H,1-2H3;1H/q+1;/p-1. The smallest absolute Gasteiger partial charge is 0.224 e. The van der Waals surface area contributed by atoms with Crippen molar-refractivity contribution in [2.24, 2.45) is 0 Å². The molecule has 1 nitrogen and oxygen atoms in total.